The number of thioether (sulfide) groups is 1. The molecule has 0 saturated heterocycles. The summed E-state index contributed by atoms with van der Waals surface area (Å²) in [6.45, 7) is 2.39. The van der Waals surface area contributed by atoms with Crippen LogP contribution in [-0.2, 0) is 14.3 Å². The molecule has 5 nitrogen and oxygen atoms in total. The molecule has 0 aromatic carbocycles. The molecule has 1 amide bonds. The molecule has 0 aliphatic carbocycles. The van der Waals surface area contributed by atoms with Crippen LogP contribution in [0.15, 0.2) is 0 Å². The van der Waals surface area contributed by atoms with Crippen LogP contribution in [0.25, 0.3) is 0 Å². The van der Waals surface area contributed by atoms with E-state index in [4.69, 9.17) is 15.9 Å². The highest BCUT2D eigenvalue weighted by molar-refractivity contribution is 7.98. The van der Waals surface area contributed by atoms with Crippen LogP contribution >= 0.6 is 11.8 Å². The van der Waals surface area contributed by atoms with Gasteiger partial charge in [0.05, 0.1) is 6.61 Å². The Labute approximate surface area is 131 Å². The largest absolute Gasteiger partial charge is 0.464 e. The molecule has 21 heavy (non-hydrogen) atoms. The monoisotopic (exact) mass is 315 g/mol. The molecule has 0 saturated carbocycles. The van der Waals surface area contributed by atoms with E-state index >= 15 is 0 Å². The fourth-order valence-electron chi connectivity index (χ4n) is 1.58. The average Bonchev–Trinajstić information content (AvgIpc) is 2.48. The van der Waals surface area contributed by atoms with Crippen LogP contribution in [0.3, 0.4) is 0 Å². The summed E-state index contributed by atoms with van der Waals surface area (Å²) in [5, 5.41) is 2.49. The molecule has 0 aliphatic rings. The summed E-state index contributed by atoms with van der Waals surface area (Å²) in [5.74, 6) is 2.52. The van der Waals surface area contributed by atoms with Gasteiger partial charge in [-0.25, -0.2) is 9.59 Å². The van der Waals surface area contributed by atoms with Gasteiger partial charge in [0.2, 0.25) is 0 Å². The first-order valence-electron chi connectivity index (χ1n) is 7.18. The second-order valence-corrected chi connectivity index (χ2v) is 5.47. The molecule has 120 valence electrons. The molecule has 0 bridgehead atoms. The van der Waals surface area contributed by atoms with Gasteiger partial charge in [0.15, 0.2) is 6.61 Å². The van der Waals surface area contributed by atoms with Crippen molar-refractivity contribution < 1.29 is 19.1 Å². The second kappa shape index (κ2) is 13.6. The van der Waals surface area contributed by atoms with E-state index in [1.807, 2.05) is 6.26 Å². The molecule has 0 rings (SSSR count). The molecule has 6 heteroatoms. The van der Waals surface area contributed by atoms with Gasteiger partial charge in [0.25, 0.3) is 0 Å². The Kier molecular flexibility index (Phi) is 12.7. The quantitative estimate of drug-likeness (QED) is 0.361. The second-order valence-electron chi connectivity index (χ2n) is 4.49. The van der Waals surface area contributed by atoms with Crippen molar-refractivity contribution in [3.05, 3.63) is 0 Å². The summed E-state index contributed by atoms with van der Waals surface area (Å²) < 4.78 is 9.90. The first-order valence-corrected chi connectivity index (χ1v) is 8.57. The maximum absolute atomic E-state index is 11.9. The third-order valence-corrected chi connectivity index (χ3v) is 3.36. The highest BCUT2D eigenvalue weighted by Gasteiger charge is 2.22. The van der Waals surface area contributed by atoms with Crippen LogP contribution in [-0.4, -0.2) is 43.3 Å². The van der Waals surface area contributed by atoms with Crippen LogP contribution < -0.4 is 5.32 Å². The molecule has 0 fully saturated rings. The number of hydrogen-bond donors (Lipinski definition) is 1. The van der Waals surface area contributed by atoms with Gasteiger partial charge in [-0.15, -0.1) is 6.42 Å². The first-order chi connectivity index (χ1) is 10.2. The van der Waals surface area contributed by atoms with E-state index < -0.39 is 18.1 Å². The Balaban J connectivity index is 4.15. The summed E-state index contributed by atoms with van der Waals surface area (Å²) in [5.41, 5.74) is 0. The van der Waals surface area contributed by atoms with Gasteiger partial charge in [-0.2, -0.15) is 11.8 Å². The van der Waals surface area contributed by atoms with E-state index in [1.165, 1.54) is 0 Å². The Hall–Kier alpha value is -1.35. The summed E-state index contributed by atoms with van der Waals surface area (Å²) >= 11 is 1.60. The molecule has 0 radical (unpaired) electrons. The van der Waals surface area contributed by atoms with E-state index in [9.17, 15) is 9.59 Å². The number of terminal acetylenes is 1. The maximum atomic E-state index is 11.9. The number of nitrogens with one attached hydrogen (secondary N) is 1. The summed E-state index contributed by atoms with van der Waals surface area (Å²) in [6.07, 6.45) is 10.9. The first kappa shape index (κ1) is 19.7. The van der Waals surface area contributed by atoms with Gasteiger partial charge in [0.1, 0.15) is 6.04 Å². The van der Waals surface area contributed by atoms with Gasteiger partial charge in [-0.3, -0.25) is 0 Å². The van der Waals surface area contributed by atoms with E-state index in [2.05, 4.69) is 18.2 Å². The smallest absolute Gasteiger partial charge is 0.408 e. The zero-order valence-corrected chi connectivity index (χ0v) is 13.7. The lowest BCUT2D eigenvalue weighted by Crippen LogP contribution is -2.42. The number of rotatable bonds is 11. The number of ether oxygens (including phenoxy) is 2. The minimum atomic E-state index is -0.693. The Morgan fingerprint density at radius 3 is 2.67 bits per heavy atom. The number of carbonyl (C=O) groups excluding carboxylic acids is 2. The third kappa shape index (κ3) is 11.0. The van der Waals surface area contributed by atoms with Crippen molar-refractivity contribution in [2.75, 3.05) is 25.2 Å². The van der Waals surface area contributed by atoms with Crippen molar-refractivity contribution in [3.63, 3.8) is 0 Å². The minimum Gasteiger partial charge on any atom is -0.464 e. The van der Waals surface area contributed by atoms with Crippen LogP contribution in [0.2, 0.25) is 0 Å². The van der Waals surface area contributed by atoms with Crippen LogP contribution in [0.1, 0.15) is 39.0 Å². The van der Waals surface area contributed by atoms with E-state index in [1.54, 1.807) is 11.8 Å². The topological polar surface area (TPSA) is 64.6 Å². The average molecular weight is 315 g/mol. The molecule has 0 aromatic heterocycles. The van der Waals surface area contributed by atoms with Crippen molar-refractivity contribution in [2.24, 2.45) is 0 Å². The number of alkyl carbamates (subject to hydrolysis) is 1. The standard InChI is InChI=1S/C15H25NO4S/c1-4-6-7-8-11-19-14(17)13(9-12-21-3)16-15(18)20-10-5-2/h2,13H,4,6-12H2,1,3H3,(H,16,18). The van der Waals surface area contributed by atoms with Gasteiger partial charge in [0, 0.05) is 0 Å². The number of unbranched alkanes of at least 4 members (excludes halogenated alkanes) is 3. The van der Waals surface area contributed by atoms with Gasteiger partial charge < -0.3 is 14.8 Å². The Morgan fingerprint density at radius 1 is 1.29 bits per heavy atom. The van der Waals surface area contributed by atoms with Crippen molar-refractivity contribution in [1.82, 2.24) is 5.32 Å². The molecule has 0 heterocycles. The lowest BCUT2D eigenvalue weighted by Gasteiger charge is -2.16. The highest BCUT2D eigenvalue weighted by atomic mass is 32.2. The highest BCUT2D eigenvalue weighted by Crippen LogP contribution is 2.05. The molecule has 0 aromatic rings. The molecular formula is C15H25NO4S. The number of carbonyl (C=O) groups is 2. The molecular weight excluding hydrogens is 290 g/mol. The van der Waals surface area contributed by atoms with E-state index in [0.29, 0.717) is 13.0 Å². The number of esters is 1. The summed E-state index contributed by atoms with van der Waals surface area (Å²) in [7, 11) is 0. The Morgan fingerprint density at radius 2 is 2.05 bits per heavy atom. The molecule has 1 unspecified atom stereocenters. The number of amides is 1. The lowest BCUT2D eigenvalue weighted by molar-refractivity contribution is -0.146. The predicted molar refractivity (Wildman–Crippen MR) is 85.2 cm³/mol. The fraction of sp³-hybridized carbons (Fsp3) is 0.733. The SMILES string of the molecule is C#CCOC(=O)NC(CCSC)C(=O)OCCCCCC. The Bertz CT molecular complexity index is 341. The van der Waals surface area contributed by atoms with Gasteiger partial charge in [-0.1, -0.05) is 32.1 Å². The third-order valence-electron chi connectivity index (χ3n) is 2.72. The van der Waals surface area contributed by atoms with E-state index in [-0.39, 0.29) is 6.61 Å². The normalized spacial score (nSPS) is 11.3. The summed E-state index contributed by atoms with van der Waals surface area (Å²) in [6, 6.07) is -0.686. The molecule has 1 atom stereocenters. The van der Waals surface area contributed by atoms with Crippen molar-refractivity contribution in [2.45, 2.75) is 45.1 Å². The maximum Gasteiger partial charge on any atom is 0.408 e. The van der Waals surface area contributed by atoms with Crippen LogP contribution in [0.5, 0.6) is 0 Å². The number of hydrogen-bond acceptors (Lipinski definition) is 5. The van der Waals surface area contributed by atoms with Crippen molar-refractivity contribution in [1.29, 1.82) is 0 Å². The zero-order valence-electron chi connectivity index (χ0n) is 12.9. The molecule has 0 aliphatic heterocycles. The minimum absolute atomic E-state index is 0.118. The van der Waals surface area contributed by atoms with Crippen molar-refractivity contribution >= 4 is 23.8 Å². The lowest BCUT2D eigenvalue weighted by atomic mass is 10.2. The zero-order chi connectivity index (χ0) is 15.9. The molecule has 0 spiro atoms. The van der Waals surface area contributed by atoms with Crippen LogP contribution in [0, 0.1) is 12.3 Å². The van der Waals surface area contributed by atoms with Crippen molar-refractivity contribution in [3.8, 4) is 12.3 Å². The fourth-order valence-corrected chi connectivity index (χ4v) is 2.05. The van der Waals surface area contributed by atoms with E-state index in [0.717, 1.165) is 31.4 Å². The van der Waals surface area contributed by atoms with Gasteiger partial charge in [-0.05, 0) is 24.9 Å². The van der Waals surface area contributed by atoms with Crippen LogP contribution in [0.4, 0.5) is 4.79 Å². The van der Waals surface area contributed by atoms with Gasteiger partial charge >= 0.3 is 12.1 Å². The predicted octanol–water partition coefficient (Wildman–Crippen LogP) is 2.59. The molecule has 1 N–H and O–H groups in total. The summed E-state index contributed by atoms with van der Waals surface area (Å²) in [4.78, 5) is 23.4.